The van der Waals surface area contributed by atoms with Gasteiger partial charge < -0.3 is 9.53 Å². The summed E-state index contributed by atoms with van der Waals surface area (Å²) in [5, 5.41) is 10.9. The van der Waals surface area contributed by atoms with Gasteiger partial charge in [0.2, 0.25) is 0 Å². The minimum absolute atomic E-state index is 0.134. The molecule has 0 saturated carbocycles. The number of hydrogen-bond acceptors (Lipinski definition) is 2. The SMILES string of the molecule is CC[Si](CC)(CC)O[C@@H]1CC=C(c2ccccc2)[C@@H](C)[C@@H](O)[C@@H]1C. The van der Waals surface area contributed by atoms with Crippen molar-refractivity contribution < 1.29 is 9.53 Å². The molecule has 2 rings (SSSR count). The van der Waals surface area contributed by atoms with Gasteiger partial charge in [0.15, 0.2) is 8.32 Å². The summed E-state index contributed by atoms with van der Waals surface area (Å²) in [6.45, 7) is 11.1. The van der Waals surface area contributed by atoms with Crippen LogP contribution in [0.15, 0.2) is 36.4 Å². The number of benzene rings is 1. The van der Waals surface area contributed by atoms with Crippen molar-refractivity contribution in [2.24, 2.45) is 11.8 Å². The Balaban J connectivity index is 2.28. The Morgan fingerprint density at radius 3 is 2.17 bits per heavy atom. The Labute approximate surface area is 149 Å². The molecule has 0 bridgehead atoms. The van der Waals surface area contributed by atoms with Gasteiger partial charge in [0.05, 0.1) is 12.2 Å². The molecule has 1 aromatic carbocycles. The van der Waals surface area contributed by atoms with E-state index in [-0.39, 0.29) is 24.0 Å². The van der Waals surface area contributed by atoms with Gasteiger partial charge in [-0.25, -0.2) is 0 Å². The molecule has 0 spiro atoms. The number of aliphatic hydroxyl groups is 1. The molecular weight excluding hydrogens is 312 g/mol. The van der Waals surface area contributed by atoms with Gasteiger partial charge in [0.25, 0.3) is 0 Å². The lowest BCUT2D eigenvalue weighted by atomic mass is 9.85. The summed E-state index contributed by atoms with van der Waals surface area (Å²) in [4.78, 5) is 0. The van der Waals surface area contributed by atoms with E-state index < -0.39 is 8.32 Å². The third kappa shape index (κ3) is 4.01. The van der Waals surface area contributed by atoms with Crippen LogP contribution in [0.25, 0.3) is 5.57 Å². The van der Waals surface area contributed by atoms with E-state index in [1.807, 2.05) is 6.07 Å². The van der Waals surface area contributed by atoms with Crippen LogP contribution in [0.3, 0.4) is 0 Å². The predicted molar refractivity (Wildman–Crippen MR) is 105 cm³/mol. The van der Waals surface area contributed by atoms with Crippen LogP contribution in [0.5, 0.6) is 0 Å². The summed E-state index contributed by atoms with van der Waals surface area (Å²) >= 11 is 0. The third-order valence-corrected chi connectivity index (χ3v) is 10.8. The highest BCUT2D eigenvalue weighted by Crippen LogP contribution is 2.37. The van der Waals surface area contributed by atoms with Crippen LogP contribution in [-0.4, -0.2) is 25.6 Å². The molecule has 0 aliphatic heterocycles. The maximum Gasteiger partial charge on any atom is 0.192 e. The molecule has 1 aliphatic rings. The van der Waals surface area contributed by atoms with E-state index in [9.17, 15) is 5.11 Å². The fourth-order valence-corrected chi connectivity index (χ4v) is 6.94. The van der Waals surface area contributed by atoms with Crippen LogP contribution in [0.1, 0.15) is 46.6 Å². The first-order chi connectivity index (χ1) is 11.5. The van der Waals surface area contributed by atoms with E-state index in [0.29, 0.717) is 0 Å². The minimum Gasteiger partial charge on any atom is -0.413 e. The molecule has 2 nitrogen and oxygen atoms in total. The van der Waals surface area contributed by atoms with E-state index in [4.69, 9.17) is 4.43 Å². The van der Waals surface area contributed by atoms with E-state index in [2.05, 4.69) is 65.0 Å². The van der Waals surface area contributed by atoms with Gasteiger partial charge in [-0.15, -0.1) is 0 Å². The number of aliphatic hydroxyl groups excluding tert-OH is 1. The molecule has 0 saturated heterocycles. The zero-order valence-corrected chi connectivity index (χ0v) is 17.0. The lowest BCUT2D eigenvalue weighted by Crippen LogP contribution is -2.44. The highest BCUT2D eigenvalue weighted by Gasteiger charge is 2.38. The Morgan fingerprint density at radius 1 is 1.04 bits per heavy atom. The molecule has 4 atom stereocenters. The first kappa shape index (κ1) is 19.4. The average molecular weight is 347 g/mol. The van der Waals surface area contributed by atoms with Crippen LogP contribution in [0, 0.1) is 11.8 Å². The summed E-state index contributed by atoms with van der Waals surface area (Å²) in [5.74, 6) is 0.297. The van der Waals surface area contributed by atoms with Gasteiger partial charge >= 0.3 is 0 Å². The quantitative estimate of drug-likeness (QED) is 0.689. The normalized spacial score (nSPS) is 28.3. The van der Waals surface area contributed by atoms with E-state index in [1.165, 1.54) is 11.1 Å². The zero-order chi connectivity index (χ0) is 17.7. The van der Waals surface area contributed by atoms with Gasteiger partial charge in [-0.2, -0.15) is 0 Å². The second-order valence-corrected chi connectivity index (χ2v) is 12.0. The lowest BCUT2D eigenvalue weighted by Gasteiger charge is -2.37. The van der Waals surface area contributed by atoms with Crippen LogP contribution in [0.2, 0.25) is 18.1 Å². The number of hydrogen-bond donors (Lipinski definition) is 1. The summed E-state index contributed by atoms with van der Waals surface area (Å²) in [7, 11) is -1.66. The van der Waals surface area contributed by atoms with E-state index in [0.717, 1.165) is 24.6 Å². The van der Waals surface area contributed by atoms with Gasteiger partial charge in [-0.1, -0.05) is 71.0 Å². The molecule has 24 heavy (non-hydrogen) atoms. The summed E-state index contributed by atoms with van der Waals surface area (Å²) in [5.41, 5.74) is 2.49. The molecule has 1 aromatic rings. The summed E-state index contributed by atoms with van der Waals surface area (Å²) in [6.07, 6.45) is 3.00. The van der Waals surface area contributed by atoms with Gasteiger partial charge in [-0.05, 0) is 35.7 Å². The average Bonchev–Trinajstić information content (AvgIpc) is 2.73. The Hall–Kier alpha value is -0.903. The first-order valence-electron chi connectivity index (χ1n) is 9.59. The molecule has 134 valence electrons. The van der Waals surface area contributed by atoms with Gasteiger partial charge in [-0.3, -0.25) is 0 Å². The van der Waals surface area contributed by atoms with Crippen LogP contribution in [-0.2, 0) is 4.43 Å². The molecule has 0 amide bonds. The fraction of sp³-hybridized carbons (Fsp3) is 0.619. The molecule has 0 aromatic heterocycles. The molecular formula is C21H34O2Si. The monoisotopic (exact) mass is 346 g/mol. The van der Waals surface area contributed by atoms with Crippen molar-refractivity contribution in [1.82, 2.24) is 0 Å². The standard InChI is InChI=1S/C21H34O2Si/c1-6-24(7-2,8-3)23-20-15-14-19(16(4)21(22)17(20)5)18-12-10-9-11-13-18/h9-14,16-17,20-22H,6-8,15H2,1-5H3/t16-,17-,20-,21-/m1/s1. The summed E-state index contributed by atoms with van der Waals surface area (Å²) in [6, 6.07) is 13.9. The molecule has 3 heteroatoms. The second kappa shape index (κ2) is 8.46. The van der Waals surface area contributed by atoms with Gasteiger partial charge in [0, 0.05) is 11.8 Å². The maximum absolute atomic E-state index is 10.9. The zero-order valence-electron chi connectivity index (χ0n) is 16.0. The molecule has 1 aliphatic carbocycles. The van der Waals surface area contributed by atoms with Crippen LogP contribution < -0.4 is 0 Å². The van der Waals surface area contributed by atoms with Crippen molar-refractivity contribution in [3.05, 3.63) is 42.0 Å². The van der Waals surface area contributed by atoms with Crippen LogP contribution >= 0.6 is 0 Å². The second-order valence-electron chi connectivity index (χ2n) is 7.30. The van der Waals surface area contributed by atoms with Crippen LogP contribution in [0.4, 0.5) is 0 Å². The number of rotatable bonds is 6. The molecule has 0 fully saturated rings. The van der Waals surface area contributed by atoms with Crippen molar-refractivity contribution in [1.29, 1.82) is 0 Å². The van der Waals surface area contributed by atoms with E-state index in [1.54, 1.807) is 0 Å². The molecule has 1 N–H and O–H groups in total. The lowest BCUT2D eigenvalue weighted by molar-refractivity contribution is 0.0181. The Morgan fingerprint density at radius 2 is 1.62 bits per heavy atom. The highest BCUT2D eigenvalue weighted by molar-refractivity contribution is 6.73. The van der Waals surface area contributed by atoms with Crippen molar-refractivity contribution in [2.75, 3.05) is 0 Å². The Bertz CT molecular complexity index is 528. The van der Waals surface area contributed by atoms with Crippen molar-refractivity contribution in [2.45, 2.75) is 71.4 Å². The largest absolute Gasteiger partial charge is 0.413 e. The third-order valence-electron chi connectivity index (χ3n) is 6.14. The molecule has 0 unspecified atom stereocenters. The van der Waals surface area contributed by atoms with Crippen molar-refractivity contribution in [3.63, 3.8) is 0 Å². The maximum atomic E-state index is 10.9. The molecule has 0 radical (unpaired) electrons. The highest BCUT2D eigenvalue weighted by atomic mass is 28.4. The topological polar surface area (TPSA) is 29.5 Å². The molecule has 0 heterocycles. The summed E-state index contributed by atoms with van der Waals surface area (Å²) < 4.78 is 6.76. The first-order valence-corrected chi connectivity index (χ1v) is 12.1. The Kier molecular flexibility index (Phi) is 6.85. The minimum atomic E-state index is -1.66. The van der Waals surface area contributed by atoms with Crippen molar-refractivity contribution in [3.8, 4) is 0 Å². The van der Waals surface area contributed by atoms with Crippen molar-refractivity contribution >= 4 is 13.9 Å². The van der Waals surface area contributed by atoms with E-state index >= 15 is 0 Å². The fourth-order valence-electron chi connectivity index (χ4n) is 3.99. The van der Waals surface area contributed by atoms with Gasteiger partial charge in [0.1, 0.15) is 0 Å². The smallest absolute Gasteiger partial charge is 0.192 e. The predicted octanol–water partition coefficient (Wildman–Crippen LogP) is 5.50.